The van der Waals surface area contributed by atoms with E-state index in [0.29, 0.717) is 29.8 Å². The largest absolute Gasteiger partial charge is 0.476 e. The van der Waals surface area contributed by atoms with Gasteiger partial charge in [-0.15, -0.1) is 10.2 Å². The molecule has 3 heterocycles. The minimum absolute atomic E-state index is 0.464. The van der Waals surface area contributed by atoms with E-state index in [1.807, 2.05) is 0 Å². The van der Waals surface area contributed by atoms with Crippen molar-refractivity contribution < 1.29 is 9.47 Å². The molecule has 148 valence electrons. The number of H-pyrrole nitrogens is 1. The highest BCUT2D eigenvalue weighted by Crippen LogP contribution is 2.30. The Morgan fingerprint density at radius 1 is 1.18 bits per heavy atom. The predicted octanol–water partition coefficient (Wildman–Crippen LogP) is 1.89. The Bertz CT molecular complexity index is 868. The maximum Gasteiger partial charge on any atom is 0.228 e. The standard InChI is InChI=1S/C19H25N7O2/c1-14(2)15-3-5-16(6-4-15)26-19(17(13-20-26)18-21-23-24-22-18)28-12-9-25-7-10-27-11-8-25/h3-6,13-14H,7-12H2,1-2H3,(H,21,22,23,24). The van der Waals surface area contributed by atoms with E-state index in [0.717, 1.165) is 38.5 Å². The summed E-state index contributed by atoms with van der Waals surface area (Å²) in [6.07, 6.45) is 1.71. The van der Waals surface area contributed by atoms with Gasteiger partial charge in [-0.25, -0.2) is 4.68 Å². The third-order valence-electron chi connectivity index (χ3n) is 4.87. The number of morpholine rings is 1. The molecule has 9 nitrogen and oxygen atoms in total. The molecule has 0 aliphatic carbocycles. The van der Waals surface area contributed by atoms with Crippen LogP contribution in [0.1, 0.15) is 25.3 Å². The van der Waals surface area contributed by atoms with E-state index in [1.165, 1.54) is 5.56 Å². The summed E-state index contributed by atoms with van der Waals surface area (Å²) in [5, 5.41) is 18.8. The highest BCUT2D eigenvalue weighted by Gasteiger charge is 2.19. The third-order valence-corrected chi connectivity index (χ3v) is 4.87. The normalized spacial score (nSPS) is 15.2. The summed E-state index contributed by atoms with van der Waals surface area (Å²) in [4.78, 5) is 2.33. The van der Waals surface area contributed by atoms with Crippen molar-refractivity contribution in [3.05, 3.63) is 36.0 Å². The zero-order valence-electron chi connectivity index (χ0n) is 16.2. The van der Waals surface area contributed by atoms with Gasteiger partial charge in [0.25, 0.3) is 0 Å². The fraction of sp³-hybridized carbons (Fsp3) is 0.474. The zero-order valence-corrected chi connectivity index (χ0v) is 16.2. The maximum atomic E-state index is 6.16. The van der Waals surface area contributed by atoms with Gasteiger partial charge in [-0.3, -0.25) is 4.90 Å². The monoisotopic (exact) mass is 383 g/mol. The number of rotatable bonds is 7. The van der Waals surface area contributed by atoms with Crippen molar-refractivity contribution in [3.63, 3.8) is 0 Å². The van der Waals surface area contributed by atoms with E-state index < -0.39 is 0 Å². The molecule has 1 fully saturated rings. The molecular formula is C19H25N7O2. The van der Waals surface area contributed by atoms with E-state index in [-0.39, 0.29) is 0 Å². The van der Waals surface area contributed by atoms with Crippen LogP contribution < -0.4 is 4.74 Å². The lowest BCUT2D eigenvalue weighted by Gasteiger charge is -2.26. The summed E-state index contributed by atoms with van der Waals surface area (Å²) in [6, 6.07) is 8.34. The van der Waals surface area contributed by atoms with Gasteiger partial charge >= 0.3 is 0 Å². The summed E-state index contributed by atoms with van der Waals surface area (Å²) in [5.74, 6) is 1.56. The zero-order chi connectivity index (χ0) is 19.3. The van der Waals surface area contributed by atoms with Gasteiger partial charge in [0.2, 0.25) is 11.7 Å². The van der Waals surface area contributed by atoms with Crippen LogP contribution >= 0.6 is 0 Å². The van der Waals surface area contributed by atoms with Gasteiger partial charge in [0, 0.05) is 19.6 Å². The highest BCUT2D eigenvalue weighted by atomic mass is 16.5. The Kier molecular flexibility index (Phi) is 5.63. The van der Waals surface area contributed by atoms with Crippen LogP contribution in [0.3, 0.4) is 0 Å². The van der Waals surface area contributed by atoms with Crippen LogP contribution in [0.25, 0.3) is 17.1 Å². The van der Waals surface area contributed by atoms with E-state index in [1.54, 1.807) is 10.9 Å². The Morgan fingerprint density at radius 2 is 1.96 bits per heavy atom. The Balaban J connectivity index is 1.57. The Morgan fingerprint density at radius 3 is 2.64 bits per heavy atom. The summed E-state index contributed by atoms with van der Waals surface area (Å²) in [6.45, 7) is 9.12. The number of hydrogen-bond donors (Lipinski definition) is 1. The lowest BCUT2D eigenvalue weighted by atomic mass is 10.0. The van der Waals surface area contributed by atoms with Gasteiger partial charge in [-0.1, -0.05) is 26.0 Å². The van der Waals surface area contributed by atoms with Crippen molar-refractivity contribution in [2.45, 2.75) is 19.8 Å². The molecule has 1 N–H and O–H groups in total. The molecule has 1 aromatic carbocycles. The van der Waals surface area contributed by atoms with E-state index in [9.17, 15) is 0 Å². The van der Waals surface area contributed by atoms with Gasteiger partial charge in [0.1, 0.15) is 12.2 Å². The lowest BCUT2D eigenvalue weighted by molar-refractivity contribution is 0.0319. The molecular weight excluding hydrogens is 358 g/mol. The van der Waals surface area contributed by atoms with Crippen molar-refractivity contribution in [2.24, 2.45) is 0 Å². The molecule has 1 aliphatic heterocycles. The topological polar surface area (TPSA) is 94.0 Å². The first-order valence-electron chi connectivity index (χ1n) is 9.57. The van der Waals surface area contributed by atoms with Crippen LogP contribution in [-0.4, -0.2) is 74.8 Å². The van der Waals surface area contributed by atoms with Crippen LogP contribution in [0.4, 0.5) is 0 Å². The van der Waals surface area contributed by atoms with E-state index in [4.69, 9.17) is 9.47 Å². The number of nitrogens with one attached hydrogen (secondary N) is 1. The summed E-state index contributed by atoms with van der Waals surface area (Å²) >= 11 is 0. The molecule has 1 aliphatic rings. The molecule has 0 atom stereocenters. The van der Waals surface area contributed by atoms with Crippen LogP contribution in [0.2, 0.25) is 0 Å². The molecule has 28 heavy (non-hydrogen) atoms. The van der Waals surface area contributed by atoms with Crippen LogP contribution in [0, 0.1) is 0 Å². The van der Waals surface area contributed by atoms with E-state index in [2.05, 4.69) is 68.7 Å². The molecule has 0 radical (unpaired) electrons. The molecule has 0 amide bonds. The minimum atomic E-state index is 0.464. The second kappa shape index (κ2) is 8.49. The van der Waals surface area contributed by atoms with Gasteiger partial charge in [0.15, 0.2) is 0 Å². The second-order valence-electron chi connectivity index (χ2n) is 7.06. The first kappa shape index (κ1) is 18.6. The Labute approximate surface area is 163 Å². The molecule has 0 unspecified atom stereocenters. The molecule has 3 aromatic rings. The van der Waals surface area contributed by atoms with Crippen molar-refractivity contribution in [1.29, 1.82) is 0 Å². The number of tetrazole rings is 1. The van der Waals surface area contributed by atoms with Gasteiger partial charge in [-0.05, 0) is 28.8 Å². The number of ether oxygens (including phenoxy) is 2. The molecule has 2 aromatic heterocycles. The lowest BCUT2D eigenvalue weighted by Crippen LogP contribution is -2.38. The summed E-state index contributed by atoms with van der Waals surface area (Å²) in [5.41, 5.74) is 2.92. The fourth-order valence-electron chi connectivity index (χ4n) is 3.19. The SMILES string of the molecule is CC(C)c1ccc(-n2ncc(-c3nn[nH]n3)c2OCCN2CCOCC2)cc1. The van der Waals surface area contributed by atoms with Crippen molar-refractivity contribution >= 4 is 0 Å². The van der Waals surface area contributed by atoms with Crippen LogP contribution in [0.15, 0.2) is 30.5 Å². The first-order chi connectivity index (χ1) is 13.7. The van der Waals surface area contributed by atoms with Gasteiger partial charge in [0.05, 0.1) is 25.1 Å². The predicted molar refractivity (Wildman–Crippen MR) is 104 cm³/mol. The van der Waals surface area contributed by atoms with E-state index >= 15 is 0 Å². The number of benzene rings is 1. The first-order valence-corrected chi connectivity index (χ1v) is 9.57. The second-order valence-corrected chi connectivity index (χ2v) is 7.06. The molecule has 9 heteroatoms. The highest BCUT2D eigenvalue weighted by molar-refractivity contribution is 5.62. The molecule has 1 saturated heterocycles. The smallest absolute Gasteiger partial charge is 0.228 e. The minimum Gasteiger partial charge on any atom is -0.476 e. The third kappa shape index (κ3) is 4.05. The molecule has 4 rings (SSSR count). The molecule has 0 spiro atoms. The number of aromatic nitrogens is 6. The van der Waals surface area contributed by atoms with Crippen LogP contribution in [-0.2, 0) is 4.74 Å². The number of nitrogens with zero attached hydrogens (tertiary/aromatic N) is 6. The van der Waals surface area contributed by atoms with Gasteiger partial charge < -0.3 is 9.47 Å². The molecule has 0 bridgehead atoms. The Hall–Kier alpha value is -2.78. The average molecular weight is 383 g/mol. The van der Waals surface area contributed by atoms with Crippen molar-refractivity contribution in [1.82, 2.24) is 35.3 Å². The summed E-state index contributed by atoms with van der Waals surface area (Å²) in [7, 11) is 0. The maximum absolute atomic E-state index is 6.16. The van der Waals surface area contributed by atoms with Crippen molar-refractivity contribution in [3.8, 4) is 23.0 Å². The summed E-state index contributed by atoms with van der Waals surface area (Å²) < 4.78 is 13.3. The van der Waals surface area contributed by atoms with Crippen LogP contribution in [0.5, 0.6) is 5.88 Å². The van der Waals surface area contributed by atoms with Crippen molar-refractivity contribution in [2.75, 3.05) is 39.5 Å². The number of hydrogen-bond acceptors (Lipinski definition) is 7. The quantitative estimate of drug-likeness (QED) is 0.666. The fourth-order valence-corrected chi connectivity index (χ4v) is 3.19. The van der Waals surface area contributed by atoms with Gasteiger partial charge in [-0.2, -0.15) is 10.3 Å². The number of aromatic amines is 1. The molecule has 0 saturated carbocycles. The average Bonchev–Trinajstić information content (AvgIpc) is 3.38.